The number of rotatable bonds is 8. The number of nitrogens with one attached hydrogen (secondary N) is 1. The highest BCUT2D eigenvalue weighted by molar-refractivity contribution is 5.87. The summed E-state index contributed by atoms with van der Waals surface area (Å²) < 4.78 is 10.8. The Bertz CT molecular complexity index is 726. The molecule has 1 fully saturated rings. The van der Waals surface area contributed by atoms with Crippen molar-refractivity contribution in [2.45, 2.75) is 24.7 Å². The second kappa shape index (κ2) is 8.52. The van der Waals surface area contributed by atoms with Gasteiger partial charge in [-0.25, -0.2) is 0 Å². The lowest BCUT2D eigenvalue weighted by atomic mass is 9.64. The fraction of sp³-hybridized carbons (Fsp3) is 0.333. The minimum Gasteiger partial charge on any atom is -0.492 e. The van der Waals surface area contributed by atoms with Crippen molar-refractivity contribution in [3.63, 3.8) is 0 Å². The summed E-state index contributed by atoms with van der Waals surface area (Å²) in [6.07, 6.45) is 2.53. The zero-order chi connectivity index (χ0) is 18.2. The normalized spacial score (nSPS) is 14.8. The fourth-order valence-electron chi connectivity index (χ4n) is 3.09. The predicted octanol–water partition coefficient (Wildman–Crippen LogP) is 2.85. The van der Waals surface area contributed by atoms with Crippen molar-refractivity contribution in [1.29, 1.82) is 0 Å². The summed E-state index contributed by atoms with van der Waals surface area (Å²) in [6.45, 7) is 0.450. The number of benzene rings is 2. The molecule has 0 spiro atoms. The van der Waals surface area contributed by atoms with Crippen LogP contribution in [0.25, 0.3) is 0 Å². The lowest BCUT2D eigenvalue weighted by Crippen LogP contribution is -2.45. The first kappa shape index (κ1) is 18.0. The Kier molecular flexibility index (Phi) is 5.89. The van der Waals surface area contributed by atoms with E-state index in [9.17, 15) is 9.59 Å². The van der Waals surface area contributed by atoms with Gasteiger partial charge in [-0.1, -0.05) is 55.0 Å². The third-order valence-corrected chi connectivity index (χ3v) is 4.69. The largest absolute Gasteiger partial charge is 0.492 e. The van der Waals surface area contributed by atoms with E-state index in [-0.39, 0.29) is 18.5 Å². The molecule has 0 unspecified atom stereocenters. The van der Waals surface area contributed by atoms with Gasteiger partial charge in [0.25, 0.3) is 5.91 Å². The van der Waals surface area contributed by atoms with E-state index < -0.39 is 5.41 Å². The van der Waals surface area contributed by atoms with E-state index in [2.05, 4.69) is 5.32 Å². The van der Waals surface area contributed by atoms with Gasteiger partial charge in [0, 0.05) is 0 Å². The maximum absolute atomic E-state index is 12.5. The highest BCUT2D eigenvalue weighted by Gasteiger charge is 2.47. The van der Waals surface area contributed by atoms with E-state index in [0.29, 0.717) is 13.2 Å². The van der Waals surface area contributed by atoms with E-state index in [1.165, 1.54) is 0 Å². The zero-order valence-electron chi connectivity index (χ0n) is 14.6. The lowest BCUT2D eigenvalue weighted by Gasteiger charge is -2.39. The Morgan fingerprint density at radius 2 is 1.62 bits per heavy atom. The van der Waals surface area contributed by atoms with Crippen LogP contribution in [0.3, 0.4) is 0 Å². The molecule has 0 aromatic heterocycles. The number of hydrogen-bond acceptors (Lipinski definition) is 4. The SMILES string of the molecule is O=C(COC(=O)C1(c2ccccc2)CCC1)NCCOc1ccccc1. The van der Waals surface area contributed by atoms with Crippen LogP contribution in [0.4, 0.5) is 0 Å². The van der Waals surface area contributed by atoms with Gasteiger partial charge in [0.1, 0.15) is 12.4 Å². The molecular weight excluding hydrogens is 330 g/mol. The van der Waals surface area contributed by atoms with Crippen molar-refractivity contribution in [3.05, 3.63) is 66.2 Å². The Hall–Kier alpha value is -2.82. The molecule has 0 aliphatic heterocycles. The van der Waals surface area contributed by atoms with Gasteiger partial charge in [-0.3, -0.25) is 9.59 Å². The third-order valence-electron chi connectivity index (χ3n) is 4.69. The van der Waals surface area contributed by atoms with Crippen LogP contribution < -0.4 is 10.1 Å². The predicted molar refractivity (Wildman–Crippen MR) is 97.9 cm³/mol. The minimum atomic E-state index is -0.585. The molecule has 0 heterocycles. The second-order valence-corrected chi connectivity index (χ2v) is 6.39. The number of carbonyl (C=O) groups is 2. The quantitative estimate of drug-likeness (QED) is 0.585. The summed E-state index contributed by atoms with van der Waals surface area (Å²) in [5.41, 5.74) is 0.380. The molecule has 2 aromatic carbocycles. The van der Waals surface area contributed by atoms with Crippen LogP contribution in [0.5, 0.6) is 5.75 Å². The third kappa shape index (κ3) is 4.23. The molecule has 3 rings (SSSR count). The van der Waals surface area contributed by atoms with Gasteiger partial charge in [-0.2, -0.15) is 0 Å². The molecule has 0 radical (unpaired) electrons. The van der Waals surface area contributed by atoms with Gasteiger partial charge in [0.15, 0.2) is 6.61 Å². The van der Waals surface area contributed by atoms with Crippen LogP contribution in [0.15, 0.2) is 60.7 Å². The summed E-state index contributed by atoms with van der Waals surface area (Å²) in [4.78, 5) is 24.4. The summed E-state index contributed by atoms with van der Waals surface area (Å²) >= 11 is 0. The Balaban J connectivity index is 1.40. The Morgan fingerprint density at radius 1 is 0.962 bits per heavy atom. The van der Waals surface area contributed by atoms with Gasteiger partial charge in [0.2, 0.25) is 0 Å². The number of hydrogen-bond donors (Lipinski definition) is 1. The molecule has 1 saturated carbocycles. The second-order valence-electron chi connectivity index (χ2n) is 6.39. The van der Waals surface area contributed by atoms with Crippen LogP contribution in [0.2, 0.25) is 0 Å². The molecule has 1 aliphatic carbocycles. The van der Waals surface area contributed by atoms with Crippen molar-refractivity contribution in [3.8, 4) is 5.75 Å². The number of carbonyl (C=O) groups excluding carboxylic acids is 2. The summed E-state index contributed by atoms with van der Waals surface area (Å²) in [7, 11) is 0. The number of ether oxygens (including phenoxy) is 2. The molecule has 1 amide bonds. The van der Waals surface area contributed by atoms with E-state index in [4.69, 9.17) is 9.47 Å². The first-order valence-corrected chi connectivity index (χ1v) is 8.88. The average Bonchev–Trinajstić information content (AvgIpc) is 2.64. The van der Waals surface area contributed by atoms with Crippen LogP contribution in [0, 0.1) is 0 Å². The monoisotopic (exact) mass is 353 g/mol. The Morgan fingerprint density at radius 3 is 2.23 bits per heavy atom. The maximum atomic E-state index is 12.5. The highest BCUT2D eigenvalue weighted by atomic mass is 16.5. The van der Waals surface area contributed by atoms with Crippen molar-refractivity contribution < 1.29 is 19.1 Å². The van der Waals surface area contributed by atoms with Gasteiger partial charge >= 0.3 is 5.97 Å². The summed E-state index contributed by atoms with van der Waals surface area (Å²) in [6, 6.07) is 19.0. The van der Waals surface area contributed by atoms with Crippen LogP contribution in [0.1, 0.15) is 24.8 Å². The molecule has 0 atom stereocenters. The molecular formula is C21H23NO4. The summed E-state index contributed by atoms with van der Waals surface area (Å²) in [5, 5.41) is 2.69. The van der Waals surface area contributed by atoms with Crippen LogP contribution >= 0.6 is 0 Å². The first-order chi connectivity index (χ1) is 12.7. The molecule has 136 valence electrons. The number of amides is 1. The van der Waals surface area contributed by atoms with Gasteiger partial charge < -0.3 is 14.8 Å². The highest BCUT2D eigenvalue weighted by Crippen LogP contribution is 2.44. The number of para-hydroxylation sites is 1. The van der Waals surface area contributed by atoms with Gasteiger partial charge in [0.05, 0.1) is 12.0 Å². The Labute approximate surface area is 153 Å². The topological polar surface area (TPSA) is 64.6 Å². The summed E-state index contributed by atoms with van der Waals surface area (Å²) in [5.74, 6) is 0.117. The van der Waals surface area contributed by atoms with Crippen molar-refractivity contribution in [1.82, 2.24) is 5.32 Å². The molecule has 5 heteroatoms. The molecule has 5 nitrogen and oxygen atoms in total. The number of esters is 1. The fourth-order valence-corrected chi connectivity index (χ4v) is 3.09. The first-order valence-electron chi connectivity index (χ1n) is 8.88. The van der Waals surface area contributed by atoms with Crippen molar-refractivity contribution in [2.24, 2.45) is 0 Å². The lowest BCUT2D eigenvalue weighted by molar-refractivity contribution is -0.157. The van der Waals surface area contributed by atoms with Gasteiger partial charge in [-0.15, -0.1) is 0 Å². The maximum Gasteiger partial charge on any atom is 0.317 e. The molecule has 26 heavy (non-hydrogen) atoms. The van der Waals surface area contributed by atoms with Crippen molar-refractivity contribution in [2.75, 3.05) is 19.8 Å². The molecule has 1 aliphatic rings. The molecule has 0 saturated heterocycles. The van der Waals surface area contributed by atoms with Crippen molar-refractivity contribution >= 4 is 11.9 Å². The van der Waals surface area contributed by atoms with Gasteiger partial charge in [-0.05, 0) is 30.5 Å². The van der Waals surface area contributed by atoms with E-state index in [0.717, 1.165) is 30.6 Å². The van der Waals surface area contributed by atoms with E-state index in [1.54, 1.807) is 0 Å². The standard InChI is InChI=1S/C21H23NO4/c23-19(22-14-15-25-18-10-5-2-6-11-18)16-26-20(24)21(12-7-13-21)17-8-3-1-4-9-17/h1-6,8-11H,7,12-16H2,(H,22,23). The van der Waals surface area contributed by atoms with E-state index >= 15 is 0 Å². The molecule has 2 aromatic rings. The average molecular weight is 353 g/mol. The minimum absolute atomic E-state index is 0.265. The zero-order valence-corrected chi connectivity index (χ0v) is 14.6. The van der Waals surface area contributed by atoms with Crippen LogP contribution in [-0.2, 0) is 19.7 Å². The molecule has 0 bridgehead atoms. The van der Waals surface area contributed by atoms with Crippen LogP contribution in [-0.4, -0.2) is 31.6 Å². The molecule has 1 N–H and O–H groups in total. The van der Waals surface area contributed by atoms with E-state index in [1.807, 2.05) is 60.7 Å². The smallest absolute Gasteiger partial charge is 0.317 e.